The number of carbonyl (C=O) groups excluding carboxylic acids is 1. The van der Waals surface area contributed by atoms with Crippen LogP contribution in [0.15, 0.2) is 56.5 Å². The molecule has 108 valence electrons. The first-order valence-corrected chi connectivity index (χ1v) is 7.65. The minimum absolute atomic E-state index is 0.0772. The summed E-state index contributed by atoms with van der Waals surface area (Å²) in [5.41, 5.74) is 4.02. The molecule has 2 aromatic carbocycles. The van der Waals surface area contributed by atoms with E-state index in [1.54, 1.807) is 43.3 Å². The average Bonchev–Trinajstić information content (AvgIpc) is 2.49. The molecule has 0 aliphatic heterocycles. The first-order chi connectivity index (χ1) is 9.99. The Balaban J connectivity index is 2.21. The Morgan fingerprint density at radius 1 is 1.19 bits per heavy atom. The molecular weight excluding hydrogens is 400 g/mol. The molecule has 0 spiro atoms. The van der Waals surface area contributed by atoms with Crippen LogP contribution < -0.4 is 5.43 Å². The summed E-state index contributed by atoms with van der Waals surface area (Å²) >= 11 is 6.61. The van der Waals surface area contributed by atoms with Crippen molar-refractivity contribution in [2.45, 2.75) is 6.92 Å². The van der Waals surface area contributed by atoms with Crippen molar-refractivity contribution < 1.29 is 9.90 Å². The first kappa shape index (κ1) is 15.7. The van der Waals surface area contributed by atoms with Crippen LogP contribution in [0, 0.1) is 0 Å². The smallest absolute Gasteiger partial charge is 0.271 e. The minimum Gasteiger partial charge on any atom is -0.506 e. The topological polar surface area (TPSA) is 61.7 Å². The largest absolute Gasteiger partial charge is 0.506 e. The Morgan fingerprint density at radius 3 is 2.52 bits per heavy atom. The number of nitrogens with zero attached hydrogens (tertiary/aromatic N) is 1. The molecule has 0 atom stereocenters. The molecule has 1 amide bonds. The first-order valence-electron chi connectivity index (χ1n) is 6.07. The molecule has 2 rings (SSSR count). The van der Waals surface area contributed by atoms with Gasteiger partial charge in [-0.3, -0.25) is 4.79 Å². The summed E-state index contributed by atoms with van der Waals surface area (Å²) in [5, 5.41) is 14.0. The number of nitrogens with one attached hydrogen (secondary N) is 1. The molecule has 6 heteroatoms. The summed E-state index contributed by atoms with van der Waals surface area (Å²) in [6, 6.07) is 12.3. The number of rotatable bonds is 3. The van der Waals surface area contributed by atoms with Crippen LogP contribution in [0.1, 0.15) is 22.8 Å². The zero-order chi connectivity index (χ0) is 15.4. The lowest BCUT2D eigenvalue weighted by atomic mass is 10.1. The van der Waals surface area contributed by atoms with Crippen molar-refractivity contribution in [3.05, 3.63) is 62.5 Å². The van der Waals surface area contributed by atoms with Crippen LogP contribution >= 0.6 is 31.9 Å². The molecule has 0 fully saturated rings. The lowest BCUT2D eigenvalue weighted by Gasteiger charge is -2.07. The van der Waals surface area contributed by atoms with Crippen molar-refractivity contribution in [3.63, 3.8) is 0 Å². The van der Waals surface area contributed by atoms with Gasteiger partial charge in [0.05, 0.1) is 10.2 Å². The Hall–Kier alpha value is -1.66. The van der Waals surface area contributed by atoms with Gasteiger partial charge in [-0.25, -0.2) is 5.43 Å². The highest BCUT2D eigenvalue weighted by Crippen LogP contribution is 2.31. The van der Waals surface area contributed by atoms with Gasteiger partial charge >= 0.3 is 0 Å². The standard InChI is InChI=1S/C15H12Br2N2O2/c1-9(12-7-11(16)8-13(17)14(12)20)18-19-15(21)10-5-3-2-4-6-10/h2-8,20H,1H3,(H,19,21)/b18-9+. The van der Waals surface area contributed by atoms with Gasteiger partial charge in [0.25, 0.3) is 5.91 Å². The van der Waals surface area contributed by atoms with Crippen molar-refractivity contribution in [2.24, 2.45) is 5.10 Å². The summed E-state index contributed by atoms with van der Waals surface area (Å²) in [5.74, 6) is -0.225. The summed E-state index contributed by atoms with van der Waals surface area (Å²) in [4.78, 5) is 11.9. The van der Waals surface area contributed by atoms with Crippen molar-refractivity contribution in [1.29, 1.82) is 0 Å². The third kappa shape index (κ3) is 3.92. The van der Waals surface area contributed by atoms with Crippen molar-refractivity contribution in [2.75, 3.05) is 0 Å². The number of benzene rings is 2. The molecule has 2 N–H and O–H groups in total. The van der Waals surface area contributed by atoms with Gasteiger partial charge < -0.3 is 5.11 Å². The summed E-state index contributed by atoms with van der Waals surface area (Å²) in [7, 11) is 0. The number of phenols is 1. The van der Waals surface area contributed by atoms with Crippen LogP contribution in [0.4, 0.5) is 0 Å². The maximum absolute atomic E-state index is 11.9. The van der Waals surface area contributed by atoms with E-state index < -0.39 is 0 Å². The number of amides is 1. The zero-order valence-corrected chi connectivity index (χ0v) is 14.3. The Morgan fingerprint density at radius 2 is 1.86 bits per heavy atom. The average molecular weight is 412 g/mol. The summed E-state index contributed by atoms with van der Waals surface area (Å²) in [6.07, 6.45) is 0. The summed E-state index contributed by atoms with van der Waals surface area (Å²) in [6.45, 7) is 1.71. The van der Waals surface area contributed by atoms with E-state index >= 15 is 0 Å². The van der Waals surface area contributed by atoms with E-state index in [2.05, 4.69) is 42.4 Å². The molecule has 0 radical (unpaired) electrons. The van der Waals surface area contributed by atoms with Gasteiger partial charge in [0.15, 0.2) is 0 Å². The van der Waals surface area contributed by atoms with Crippen LogP contribution in [0.5, 0.6) is 5.75 Å². The van der Waals surface area contributed by atoms with Gasteiger partial charge in [-0.1, -0.05) is 34.1 Å². The monoisotopic (exact) mass is 410 g/mol. The SMILES string of the molecule is C/C(=N\NC(=O)c1ccccc1)c1cc(Br)cc(Br)c1O. The molecule has 0 saturated carbocycles. The van der Waals surface area contributed by atoms with Gasteiger partial charge in [-0.2, -0.15) is 5.10 Å². The fraction of sp³-hybridized carbons (Fsp3) is 0.0667. The quantitative estimate of drug-likeness (QED) is 0.590. The molecule has 0 saturated heterocycles. The van der Waals surface area contributed by atoms with Crippen LogP contribution in [0.3, 0.4) is 0 Å². The maximum Gasteiger partial charge on any atom is 0.271 e. The van der Waals surface area contributed by atoms with Crippen LogP contribution in [0.2, 0.25) is 0 Å². The van der Waals surface area contributed by atoms with E-state index in [1.165, 1.54) is 0 Å². The highest BCUT2D eigenvalue weighted by molar-refractivity contribution is 9.11. The van der Waals surface area contributed by atoms with Crippen LogP contribution in [-0.2, 0) is 0 Å². The van der Waals surface area contributed by atoms with Gasteiger partial charge in [0.1, 0.15) is 5.75 Å². The number of phenolic OH excluding ortho intramolecular Hbond substituents is 1. The zero-order valence-electron chi connectivity index (χ0n) is 11.1. The van der Waals surface area contributed by atoms with E-state index in [-0.39, 0.29) is 11.7 Å². The van der Waals surface area contributed by atoms with Gasteiger partial charge in [-0.05, 0) is 47.1 Å². The van der Waals surface area contributed by atoms with E-state index in [0.29, 0.717) is 21.3 Å². The molecule has 4 nitrogen and oxygen atoms in total. The van der Waals surface area contributed by atoms with Crippen LogP contribution in [0.25, 0.3) is 0 Å². The highest BCUT2D eigenvalue weighted by Gasteiger charge is 2.11. The Bertz CT molecular complexity index is 700. The molecule has 0 heterocycles. The van der Waals surface area contributed by atoms with Gasteiger partial charge in [-0.15, -0.1) is 0 Å². The fourth-order valence-corrected chi connectivity index (χ4v) is 2.92. The number of halogens is 2. The highest BCUT2D eigenvalue weighted by atomic mass is 79.9. The van der Waals surface area contributed by atoms with Crippen molar-refractivity contribution in [3.8, 4) is 5.75 Å². The second-order valence-electron chi connectivity index (χ2n) is 4.29. The predicted molar refractivity (Wildman–Crippen MR) is 89.6 cm³/mol. The second-order valence-corrected chi connectivity index (χ2v) is 6.06. The molecule has 2 aromatic rings. The number of carbonyl (C=O) groups is 1. The lowest BCUT2D eigenvalue weighted by molar-refractivity contribution is 0.0955. The molecule has 0 bridgehead atoms. The maximum atomic E-state index is 11.9. The molecule has 21 heavy (non-hydrogen) atoms. The molecule has 0 unspecified atom stereocenters. The normalized spacial score (nSPS) is 11.3. The third-order valence-corrected chi connectivity index (χ3v) is 3.84. The fourth-order valence-electron chi connectivity index (χ4n) is 1.69. The van der Waals surface area contributed by atoms with E-state index in [9.17, 15) is 9.90 Å². The number of hydrazone groups is 1. The summed E-state index contributed by atoms with van der Waals surface area (Å²) < 4.78 is 1.35. The molecular formula is C15H12Br2N2O2. The number of aromatic hydroxyl groups is 1. The Labute approximate surface area is 139 Å². The third-order valence-electron chi connectivity index (χ3n) is 2.78. The Kier molecular flexibility index (Phi) is 5.14. The van der Waals surface area contributed by atoms with Gasteiger partial charge in [0.2, 0.25) is 0 Å². The predicted octanol–water partition coefficient (Wildman–Crippen LogP) is 4.07. The van der Waals surface area contributed by atoms with Crippen molar-refractivity contribution in [1.82, 2.24) is 5.43 Å². The van der Waals surface area contributed by atoms with E-state index in [4.69, 9.17) is 0 Å². The lowest BCUT2D eigenvalue weighted by Crippen LogP contribution is -2.19. The number of hydrogen-bond acceptors (Lipinski definition) is 3. The number of hydrogen-bond donors (Lipinski definition) is 2. The second kappa shape index (κ2) is 6.87. The molecule has 0 aliphatic rings. The molecule has 0 aliphatic carbocycles. The van der Waals surface area contributed by atoms with Crippen LogP contribution in [-0.4, -0.2) is 16.7 Å². The van der Waals surface area contributed by atoms with E-state index in [1.807, 2.05) is 6.07 Å². The van der Waals surface area contributed by atoms with E-state index in [0.717, 1.165) is 4.47 Å². The van der Waals surface area contributed by atoms with Crippen molar-refractivity contribution >= 4 is 43.5 Å². The molecule has 0 aromatic heterocycles. The minimum atomic E-state index is -0.302. The van der Waals surface area contributed by atoms with Gasteiger partial charge in [0, 0.05) is 15.6 Å².